The molecule has 0 spiro atoms. The molecule has 0 aromatic rings. The smallest absolute Gasteiger partial charge is 0.165 e. The van der Waals surface area contributed by atoms with Crippen molar-refractivity contribution in [3.05, 3.63) is 6.92 Å². The maximum atomic E-state index is 5.52. The molecule has 0 atom stereocenters. The summed E-state index contributed by atoms with van der Waals surface area (Å²) in [6.07, 6.45) is 1.55. The second kappa shape index (κ2) is 3.55. The van der Waals surface area contributed by atoms with Crippen LogP contribution in [0, 0.1) is 12.8 Å². The van der Waals surface area contributed by atoms with Gasteiger partial charge in [-0.25, -0.2) is 0 Å². The molecular weight excluding hydrogens is 140 g/mol. The van der Waals surface area contributed by atoms with Crippen LogP contribution in [0.3, 0.4) is 0 Å². The van der Waals surface area contributed by atoms with E-state index in [4.69, 9.17) is 16.4 Å². The van der Waals surface area contributed by atoms with Gasteiger partial charge in [0.25, 0.3) is 0 Å². The Bertz CT molecular complexity index is 115. The second-order valence-electron chi connectivity index (χ2n) is 3.21. The first kappa shape index (κ1) is 9.01. The van der Waals surface area contributed by atoms with Crippen LogP contribution in [0.2, 0.25) is 0 Å². The number of hydrogen-bond acceptors (Lipinski definition) is 2. The predicted octanol–water partition coefficient (Wildman–Crippen LogP) is 1.88. The van der Waals surface area contributed by atoms with E-state index in [2.05, 4.69) is 6.92 Å². The summed E-state index contributed by atoms with van der Waals surface area (Å²) in [6, 6.07) is 0. The molecule has 1 fully saturated rings. The third-order valence-electron chi connectivity index (χ3n) is 2.22. The van der Waals surface area contributed by atoms with Gasteiger partial charge in [0.15, 0.2) is 5.79 Å². The molecule has 0 saturated carbocycles. The van der Waals surface area contributed by atoms with Gasteiger partial charge in [0.2, 0.25) is 0 Å². The van der Waals surface area contributed by atoms with E-state index in [1.54, 1.807) is 0 Å². The Kier molecular flexibility index (Phi) is 2.90. The summed E-state index contributed by atoms with van der Waals surface area (Å²) in [5.74, 6) is 0.0284. The summed E-state index contributed by atoms with van der Waals surface area (Å²) in [5.41, 5.74) is 0. The lowest BCUT2D eigenvalue weighted by Gasteiger charge is -2.36. The van der Waals surface area contributed by atoms with Gasteiger partial charge in [-0.1, -0.05) is 6.92 Å². The van der Waals surface area contributed by atoms with Crippen molar-refractivity contribution in [2.45, 2.75) is 32.5 Å². The quantitative estimate of drug-likeness (QED) is 0.607. The minimum atomic E-state index is -0.355. The summed E-state index contributed by atoms with van der Waals surface area (Å²) < 4.78 is 11.0. The van der Waals surface area contributed by atoms with E-state index in [0.29, 0.717) is 12.3 Å². The van der Waals surface area contributed by atoms with E-state index in [1.165, 1.54) is 0 Å². The van der Waals surface area contributed by atoms with Gasteiger partial charge < -0.3 is 9.47 Å². The van der Waals surface area contributed by atoms with E-state index in [1.807, 2.05) is 6.92 Å². The minimum absolute atomic E-state index is 0.355. The third-order valence-corrected chi connectivity index (χ3v) is 2.22. The van der Waals surface area contributed by atoms with Gasteiger partial charge in [-0.05, 0) is 26.7 Å². The van der Waals surface area contributed by atoms with Crippen molar-refractivity contribution in [2.75, 3.05) is 13.2 Å². The lowest BCUT2D eigenvalue weighted by atomic mass is 10.1. The Morgan fingerprint density at radius 1 is 1.45 bits per heavy atom. The molecule has 0 aromatic carbocycles. The standard InChI is InChI=1S/C9H16O2/c1-4-8-6-10-9(3,5-2)11-7-8/h1,8H,4-7H2,2-3H3. The van der Waals surface area contributed by atoms with Crippen molar-refractivity contribution in [3.63, 3.8) is 0 Å². The molecule has 1 aliphatic heterocycles. The Balaban J connectivity index is 2.35. The van der Waals surface area contributed by atoms with Gasteiger partial charge in [0, 0.05) is 5.92 Å². The summed E-state index contributed by atoms with van der Waals surface area (Å²) in [7, 11) is 0. The van der Waals surface area contributed by atoms with Gasteiger partial charge >= 0.3 is 0 Å². The molecule has 1 rings (SSSR count). The SMILES string of the molecule is [CH]CC1COC(C)(CC)OC1. The highest BCUT2D eigenvalue weighted by atomic mass is 16.7. The average molecular weight is 156 g/mol. The van der Waals surface area contributed by atoms with Crippen molar-refractivity contribution >= 4 is 0 Å². The molecule has 2 radical (unpaired) electrons. The molecule has 0 bridgehead atoms. The Labute approximate surface area is 68.9 Å². The van der Waals surface area contributed by atoms with Crippen molar-refractivity contribution in [3.8, 4) is 0 Å². The monoisotopic (exact) mass is 156 g/mol. The Morgan fingerprint density at radius 3 is 2.36 bits per heavy atom. The van der Waals surface area contributed by atoms with Crippen LogP contribution in [0.5, 0.6) is 0 Å². The zero-order valence-electron chi connectivity index (χ0n) is 7.30. The molecule has 0 N–H and O–H groups in total. The van der Waals surface area contributed by atoms with Crippen LogP contribution in [0.25, 0.3) is 0 Å². The second-order valence-corrected chi connectivity index (χ2v) is 3.21. The maximum absolute atomic E-state index is 5.52. The molecule has 0 unspecified atom stereocenters. The maximum Gasteiger partial charge on any atom is 0.165 e. The summed E-state index contributed by atoms with van der Waals surface area (Å²) >= 11 is 0. The number of hydrogen-bond donors (Lipinski definition) is 0. The number of rotatable bonds is 2. The van der Waals surface area contributed by atoms with Gasteiger partial charge in [-0.15, -0.1) is 0 Å². The zero-order valence-corrected chi connectivity index (χ0v) is 7.30. The van der Waals surface area contributed by atoms with E-state index in [-0.39, 0.29) is 5.79 Å². The molecule has 1 aliphatic rings. The molecule has 2 nitrogen and oxygen atoms in total. The molecule has 2 heteroatoms. The lowest BCUT2D eigenvalue weighted by Crippen LogP contribution is -2.41. The highest BCUT2D eigenvalue weighted by Crippen LogP contribution is 2.25. The van der Waals surface area contributed by atoms with Crippen LogP contribution >= 0.6 is 0 Å². The minimum Gasteiger partial charge on any atom is -0.350 e. The first-order valence-electron chi connectivity index (χ1n) is 4.18. The summed E-state index contributed by atoms with van der Waals surface area (Å²) in [5, 5.41) is 0. The van der Waals surface area contributed by atoms with Crippen molar-refractivity contribution in [1.82, 2.24) is 0 Å². The van der Waals surface area contributed by atoms with Crippen LogP contribution in [-0.2, 0) is 9.47 Å². The van der Waals surface area contributed by atoms with E-state index >= 15 is 0 Å². The fourth-order valence-corrected chi connectivity index (χ4v) is 1.02. The van der Waals surface area contributed by atoms with Gasteiger partial charge in [-0.3, -0.25) is 0 Å². The summed E-state index contributed by atoms with van der Waals surface area (Å²) in [4.78, 5) is 0. The predicted molar refractivity (Wildman–Crippen MR) is 43.0 cm³/mol. The largest absolute Gasteiger partial charge is 0.350 e. The van der Waals surface area contributed by atoms with Crippen molar-refractivity contribution in [2.24, 2.45) is 5.92 Å². The van der Waals surface area contributed by atoms with Gasteiger partial charge in [0.1, 0.15) is 0 Å². The molecule has 0 amide bonds. The molecule has 64 valence electrons. The average Bonchev–Trinajstić information content (AvgIpc) is 2.06. The molecular formula is C9H16O2. The topological polar surface area (TPSA) is 18.5 Å². The summed E-state index contributed by atoms with van der Waals surface area (Å²) in [6.45, 7) is 11.0. The van der Waals surface area contributed by atoms with E-state index in [0.717, 1.165) is 19.6 Å². The normalized spacial score (nSPS) is 39.0. The molecule has 1 saturated heterocycles. The fraction of sp³-hybridized carbons (Fsp3) is 0.889. The molecule has 1 heterocycles. The van der Waals surface area contributed by atoms with Crippen LogP contribution in [-0.4, -0.2) is 19.0 Å². The van der Waals surface area contributed by atoms with Crippen LogP contribution in [0.4, 0.5) is 0 Å². The Morgan fingerprint density at radius 2 is 2.00 bits per heavy atom. The number of ether oxygens (including phenoxy) is 2. The van der Waals surface area contributed by atoms with Gasteiger partial charge in [-0.2, -0.15) is 0 Å². The van der Waals surface area contributed by atoms with Crippen LogP contribution in [0.1, 0.15) is 26.7 Å². The molecule has 0 aliphatic carbocycles. The first-order chi connectivity index (χ1) is 5.20. The molecule has 0 aromatic heterocycles. The molecule has 11 heavy (non-hydrogen) atoms. The van der Waals surface area contributed by atoms with Crippen LogP contribution < -0.4 is 0 Å². The third kappa shape index (κ3) is 2.17. The zero-order chi connectivity index (χ0) is 8.32. The van der Waals surface area contributed by atoms with Gasteiger partial charge in [0.05, 0.1) is 13.2 Å². The van der Waals surface area contributed by atoms with Crippen LogP contribution in [0.15, 0.2) is 0 Å². The van der Waals surface area contributed by atoms with Crippen molar-refractivity contribution in [1.29, 1.82) is 0 Å². The van der Waals surface area contributed by atoms with Crippen molar-refractivity contribution < 1.29 is 9.47 Å². The van der Waals surface area contributed by atoms with E-state index in [9.17, 15) is 0 Å². The highest BCUT2D eigenvalue weighted by Gasteiger charge is 2.30. The van der Waals surface area contributed by atoms with E-state index < -0.39 is 0 Å². The highest BCUT2D eigenvalue weighted by molar-refractivity contribution is 4.70. The Hall–Kier alpha value is -0.0800. The first-order valence-corrected chi connectivity index (χ1v) is 4.18. The lowest BCUT2D eigenvalue weighted by molar-refractivity contribution is -0.273. The fourth-order valence-electron chi connectivity index (χ4n) is 1.02.